The van der Waals surface area contributed by atoms with Gasteiger partial charge in [0.15, 0.2) is 0 Å². The Morgan fingerprint density at radius 1 is 1.14 bits per heavy atom. The molecule has 0 spiro atoms. The number of nitrogens with zero attached hydrogens (tertiary/aromatic N) is 2. The summed E-state index contributed by atoms with van der Waals surface area (Å²) in [6, 6.07) is 19.6. The molecular weight excluding hydrogens is 444 g/mol. The Morgan fingerprint density at radius 3 is 2.75 bits per heavy atom. The molecule has 194 valence electrons. The van der Waals surface area contributed by atoms with Crippen LogP contribution in [0.1, 0.15) is 62.5 Å². The molecule has 4 heteroatoms. The smallest absolute Gasteiger partial charge is 0.222 e. The summed E-state index contributed by atoms with van der Waals surface area (Å²) in [5, 5.41) is 0. The SMILES string of the molecule is C=CCN1CC[C@@]2(c3cccc(OC)c3)C[C@@H](N(C)C(=O)CCCCCc3ccccc3)CC[C@@H]2C1. The predicted molar refractivity (Wildman–Crippen MR) is 148 cm³/mol. The van der Waals surface area contributed by atoms with Gasteiger partial charge in [0.25, 0.3) is 0 Å². The number of fused-ring (bicyclic) bond motifs is 1. The number of carbonyl (C=O) groups is 1. The fraction of sp³-hybridized carbons (Fsp3) is 0.531. The lowest BCUT2D eigenvalue weighted by Gasteiger charge is -2.54. The van der Waals surface area contributed by atoms with Gasteiger partial charge in [-0.05, 0) is 80.7 Å². The first-order valence-corrected chi connectivity index (χ1v) is 13.8. The van der Waals surface area contributed by atoms with E-state index in [1.54, 1.807) is 7.11 Å². The number of rotatable bonds is 11. The van der Waals surface area contributed by atoms with Crippen LogP contribution < -0.4 is 4.74 Å². The summed E-state index contributed by atoms with van der Waals surface area (Å²) in [4.78, 5) is 17.8. The van der Waals surface area contributed by atoms with E-state index >= 15 is 0 Å². The average molecular weight is 489 g/mol. The third-order valence-corrected chi connectivity index (χ3v) is 8.75. The van der Waals surface area contributed by atoms with Gasteiger partial charge in [-0.3, -0.25) is 9.69 Å². The molecule has 1 saturated heterocycles. The third kappa shape index (κ3) is 6.21. The summed E-state index contributed by atoms with van der Waals surface area (Å²) in [6.07, 6.45) is 11.4. The van der Waals surface area contributed by atoms with Crippen LogP contribution in [0, 0.1) is 5.92 Å². The van der Waals surface area contributed by atoms with E-state index in [0.717, 1.165) is 76.8 Å². The second kappa shape index (κ2) is 12.6. The van der Waals surface area contributed by atoms with Crippen molar-refractivity contribution in [2.45, 2.75) is 69.2 Å². The number of carbonyl (C=O) groups excluding carboxylic acids is 1. The summed E-state index contributed by atoms with van der Waals surface area (Å²) >= 11 is 0. The van der Waals surface area contributed by atoms with Gasteiger partial charge in [0.1, 0.15) is 5.75 Å². The van der Waals surface area contributed by atoms with E-state index in [2.05, 4.69) is 64.9 Å². The van der Waals surface area contributed by atoms with Gasteiger partial charge in [0.2, 0.25) is 5.91 Å². The Hall–Kier alpha value is -2.59. The van der Waals surface area contributed by atoms with Crippen molar-refractivity contribution >= 4 is 5.91 Å². The molecule has 2 aromatic carbocycles. The highest BCUT2D eigenvalue weighted by atomic mass is 16.5. The van der Waals surface area contributed by atoms with Crippen LogP contribution >= 0.6 is 0 Å². The van der Waals surface area contributed by atoms with E-state index in [9.17, 15) is 4.79 Å². The van der Waals surface area contributed by atoms with Crippen molar-refractivity contribution in [3.8, 4) is 5.75 Å². The fourth-order valence-electron chi connectivity index (χ4n) is 6.61. The largest absolute Gasteiger partial charge is 0.497 e. The summed E-state index contributed by atoms with van der Waals surface area (Å²) in [7, 11) is 3.79. The molecule has 2 fully saturated rings. The number of piperidine rings is 1. The molecule has 1 saturated carbocycles. The maximum absolute atomic E-state index is 13.2. The topological polar surface area (TPSA) is 32.8 Å². The predicted octanol–water partition coefficient (Wildman–Crippen LogP) is 6.25. The first kappa shape index (κ1) is 26.5. The second-order valence-corrected chi connectivity index (χ2v) is 10.9. The van der Waals surface area contributed by atoms with Crippen molar-refractivity contribution in [3.63, 3.8) is 0 Å². The zero-order chi connectivity index (χ0) is 25.4. The molecule has 0 bridgehead atoms. The van der Waals surface area contributed by atoms with E-state index in [0.29, 0.717) is 24.3 Å². The number of benzene rings is 2. The summed E-state index contributed by atoms with van der Waals surface area (Å²) in [5.41, 5.74) is 2.87. The van der Waals surface area contributed by atoms with E-state index in [4.69, 9.17) is 4.74 Å². The lowest BCUT2D eigenvalue weighted by molar-refractivity contribution is -0.134. The number of methoxy groups -OCH3 is 1. The van der Waals surface area contributed by atoms with Gasteiger partial charge < -0.3 is 9.64 Å². The minimum Gasteiger partial charge on any atom is -0.497 e. The standard InChI is InChI=1S/C32H44N2O2/c1-4-21-34-22-20-32(27-15-11-16-30(23-27)36-3)24-29(19-18-28(32)25-34)33(2)31(35)17-10-6-9-14-26-12-7-5-8-13-26/h4-5,7-8,11-13,15-16,23,28-29H,1,6,9-10,14,17-22,24-25H2,2-3H3/t28-,29+,32+/m1/s1. The number of hydrogen-bond donors (Lipinski definition) is 0. The van der Waals surface area contributed by atoms with Crippen molar-refractivity contribution in [3.05, 3.63) is 78.4 Å². The number of ether oxygens (including phenoxy) is 1. The Balaban J connectivity index is 1.38. The minimum absolute atomic E-state index is 0.0966. The van der Waals surface area contributed by atoms with E-state index < -0.39 is 0 Å². The molecule has 0 aromatic heterocycles. The molecule has 2 aliphatic rings. The number of hydrogen-bond acceptors (Lipinski definition) is 3. The van der Waals surface area contributed by atoms with Crippen LogP contribution in [0.5, 0.6) is 5.75 Å². The van der Waals surface area contributed by atoms with Crippen LogP contribution in [0.15, 0.2) is 67.3 Å². The zero-order valence-corrected chi connectivity index (χ0v) is 22.3. The van der Waals surface area contributed by atoms with Crippen molar-refractivity contribution in [1.82, 2.24) is 9.80 Å². The van der Waals surface area contributed by atoms with Crippen LogP contribution in [0.3, 0.4) is 0 Å². The Labute approximate surface area is 218 Å². The highest BCUT2D eigenvalue weighted by molar-refractivity contribution is 5.76. The van der Waals surface area contributed by atoms with Gasteiger partial charge in [0, 0.05) is 38.0 Å². The molecule has 0 radical (unpaired) electrons. The third-order valence-electron chi connectivity index (χ3n) is 8.75. The lowest BCUT2D eigenvalue weighted by Crippen LogP contribution is -2.56. The van der Waals surface area contributed by atoms with E-state index in [-0.39, 0.29) is 5.41 Å². The van der Waals surface area contributed by atoms with Crippen molar-refractivity contribution in [2.24, 2.45) is 5.92 Å². The fourth-order valence-corrected chi connectivity index (χ4v) is 6.61. The molecule has 3 atom stereocenters. The Bertz CT molecular complexity index is 991. The lowest BCUT2D eigenvalue weighted by atomic mass is 9.57. The number of amides is 1. The van der Waals surface area contributed by atoms with Crippen LogP contribution in [0.4, 0.5) is 0 Å². The maximum atomic E-state index is 13.2. The normalized spacial score (nSPS) is 24.1. The summed E-state index contributed by atoms with van der Waals surface area (Å²) in [6.45, 7) is 7.10. The van der Waals surface area contributed by atoms with E-state index in [1.165, 1.54) is 11.1 Å². The quantitative estimate of drug-likeness (QED) is 0.277. The van der Waals surface area contributed by atoms with Gasteiger partial charge >= 0.3 is 0 Å². The van der Waals surface area contributed by atoms with Crippen molar-refractivity contribution in [2.75, 3.05) is 33.8 Å². The van der Waals surface area contributed by atoms with Gasteiger partial charge in [-0.15, -0.1) is 6.58 Å². The molecule has 1 amide bonds. The van der Waals surface area contributed by atoms with Crippen LogP contribution in [0.2, 0.25) is 0 Å². The molecule has 1 aliphatic heterocycles. The highest BCUT2D eigenvalue weighted by Crippen LogP contribution is 2.50. The number of unbranched alkanes of at least 4 members (excludes halogenated alkanes) is 2. The highest BCUT2D eigenvalue weighted by Gasteiger charge is 2.49. The molecule has 1 heterocycles. The number of likely N-dealkylation sites (tertiary alicyclic amines) is 1. The number of aryl methyl sites for hydroxylation is 1. The Morgan fingerprint density at radius 2 is 1.97 bits per heavy atom. The Kier molecular flexibility index (Phi) is 9.25. The van der Waals surface area contributed by atoms with Gasteiger partial charge in [-0.1, -0.05) is 55.0 Å². The van der Waals surface area contributed by atoms with Crippen LogP contribution in [-0.4, -0.2) is 55.5 Å². The monoisotopic (exact) mass is 488 g/mol. The van der Waals surface area contributed by atoms with E-state index in [1.807, 2.05) is 19.2 Å². The minimum atomic E-state index is 0.0966. The molecule has 0 N–H and O–H groups in total. The van der Waals surface area contributed by atoms with Gasteiger partial charge in [0.05, 0.1) is 7.11 Å². The molecule has 4 rings (SSSR count). The average Bonchev–Trinajstić information content (AvgIpc) is 2.92. The van der Waals surface area contributed by atoms with Crippen molar-refractivity contribution < 1.29 is 9.53 Å². The van der Waals surface area contributed by atoms with Crippen LogP contribution in [-0.2, 0) is 16.6 Å². The van der Waals surface area contributed by atoms with Gasteiger partial charge in [-0.25, -0.2) is 0 Å². The summed E-state index contributed by atoms with van der Waals surface area (Å²) in [5.74, 6) is 1.83. The molecule has 2 aromatic rings. The molecule has 1 aliphatic carbocycles. The molecule has 36 heavy (non-hydrogen) atoms. The molecule has 0 unspecified atom stereocenters. The maximum Gasteiger partial charge on any atom is 0.222 e. The molecular formula is C32H44N2O2. The van der Waals surface area contributed by atoms with Crippen molar-refractivity contribution in [1.29, 1.82) is 0 Å². The van der Waals surface area contributed by atoms with Gasteiger partial charge in [-0.2, -0.15) is 0 Å². The summed E-state index contributed by atoms with van der Waals surface area (Å²) < 4.78 is 5.60. The first-order valence-electron chi connectivity index (χ1n) is 13.8. The zero-order valence-electron chi connectivity index (χ0n) is 22.3. The molecule has 4 nitrogen and oxygen atoms in total. The first-order chi connectivity index (χ1) is 17.6. The second-order valence-electron chi connectivity index (χ2n) is 10.9. The van der Waals surface area contributed by atoms with Crippen LogP contribution in [0.25, 0.3) is 0 Å².